The Bertz CT molecular complexity index is 700. The molecule has 1 aliphatic rings. The van der Waals surface area contributed by atoms with Gasteiger partial charge in [-0.25, -0.2) is 0 Å². The van der Waals surface area contributed by atoms with Crippen molar-refractivity contribution < 1.29 is 0 Å². The van der Waals surface area contributed by atoms with Gasteiger partial charge in [-0.1, -0.05) is 25.2 Å². The summed E-state index contributed by atoms with van der Waals surface area (Å²) in [7, 11) is 4.18. The van der Waals surface area contributed by atoms with Crippen molar-refractivity contribution >= 4 is 0 Å². The first-order valence-corrected chi connectivity index (χ1v) is 8.81. The Labute approximate surface area is 144 Å². The van der Waals surface area contributed by atoms with Crippen LogP contribution in [0, 0.1) is 12.3 Å². The van der Waals surface area contributed by atoms with Gasteiger partial charge in [0.25, 0.3) is 0 Å². The van der Waals surface area contributed by atoms with Crippen LogP contribution in [0.4, 0.5) is 0 Å². The van der Waals surface area contributed by atoms with E-state index in [1.54, 1.807) is 4.68 Å². The topological polar surface area (TPSA) is 38.9 Å². The molecule has 5 nitrogen and oxygen atoms in total. The molecule has 5 heteroatoms. The predicted octanol–water partition coefficient (Wildman–Crippen LogP) is 2.93. The molecule has 128 valence electrons. The molecule has 0 bridgehead atoms. The van der Waals surface area contributed by atoms with Crippen LogP contribution in [-0.2, 0) is 26.7 Å². The molecule has 0 unspecified atom stereocenters. The molecule has 3 rings (SSSR count). The first kappa shape index (κ1) is 16.8. The SMILES string of the molecule is C#CCn1cc(CN(C)Cc2cn(C)nc2C2CCCCC2)cn1. The molecule has 2 heterocycles. The summed E-state index contributed by atoms with van der Waals surface area (Å²) in [5.74, 6) is 3.25. The molecule has 0 spiro atoms. The number of hydrogen-bond donors (Lipinski definition) is 0. The molecular weight excluding hydrogens is 298 g/mol. The summed E-state index contributed by atoms with van der Waals surface area (Å²) in [5.41, 5.74) is 3.87. The summed E-state index contributed by atoms with van der Waals surface area (Å²) >= 11 is 0. The fourth-order valence-electron chi connectivity index (χ4n) is 3.72. The monoisotopic (exact) mass is 325 g/mol. The Morgan fingerprint density at radius 3 is 2.79 bits per heavy atom. The summed E-state index contributed by atoms with van der Waals surface area (Å²) in [4.78, 5) is 2.32. The first-order chi connectivity index (χ1) is 11.7. The molecule has 1 saturated carbocycles. The summed E-state index contributed by atoms with van der Waals surface area (Å²) in [6.07, 6.45) is 18.1. The summed E-state index contributed by atoms with van der Waals surface area (Å²) < 4.78 is 3.78. The summed E-state index contributed by atoms with van der Waals surface area (Å²) in [6, 6.07) is 0. The van der Waals surface area contributed by atoms with Crippen LogP contribution < -0.4 is 0 Å². The highest BCUT2D eigenvalue weighted by molar-refractivity contribution is 5.22. The van der Waals surface area contributed by atoms with Crippen LogP contribution in [0.1, 0.15) is 54.8 Å². The maximum Gasteiger partial charge on any atom is 0.101 e. The van der Waals surface area contributed by atoms with Crippen LogP contribution in [0.15, 0.2) is 18.6 Å². The van der Waals surface area contributed by atoms with Crippen molar-refractivity contribution in [2.75, 3.05) is 7.05 Å². The third-order valence-corrected chi connectivity index (χ3v) is 4.76. The Hall–Kier alpha value is -2.06. The average Bonchev–Trinajstić information content (AvgIpc) is 3.15. The second-order valence-electron chi connectivity index (χ2n) is 6.97. The fourth-order valence-corrected chi connectivity index (χ4v) is 3.72. The van der Waals surface area contributed by atoms with Crippen molar-refractivity contribution in [3.63, 3.8) is 0 Å². The lowest BCUT2D eigenvalue weighted by atomic mass is 9.85. The Morgan fingerprint density at radius 1 is 1.25 bits per heavy atom. The molecule has 0 aliphatic heterocycles. The zero-order valence-corrected chi connectivity index (χ0v) is 14.8. The summed E-state index contributed by atoms with van der Waals surface area (Å²) in [5, 5.41) is 9.07. The van der Waals surface area contributed by atoms with E-state index in [9.17, 15) is 0 Å². The minimum atomic E-state index is 0.526. The Kier molecular flexibility index (Phi) is 5.37. The van der Waals surface area contributed by atoms with E-state index in [2.05, 4.69) is 29.2 Å². The maximum absolute atomic E-state index is 5.33. The van der Waals surface area contributed by atoms with E-state index in [0.29, 0.717) is 12.5 Å². The average molecular weight is 325 g/mol. The smallest absolute Gasteiger partial charge is 0.101 e. The Morgan fingerprint density at radius 2 is 2.04 bits per heavy atom. The first-order valence-electron chi connectivity index (χ1n) is 8.81. The van der Waals surface area contributed by atoms with Gasteiger partial charge in [0, 0.05) is 49.6 Å². The van der Waals surface area contributed by atoms with Gasteiger partial charge >= 0.3 is 0 Å². The standard InChI is InChI=1S/C19H27N5/c1-4-10-24-13-16(11-20-24)12-22(2)14-18-15-23(3)21-19(18)17-8-6-5-7-9-17/h1,11,13,15,17H,5-10,12,14H2,2-3H3. The predicted molar refractivity (Wildman–Crippen MR) is 95.3 cm³/mol. The van der Waals surface area contributed by atoms with Crippen molar-refractivity contribution in [3.05, 3.63) is 35.4 Å². The van der Waals surface area contributed by atoms with Gasteiger partial charge in [-0.15, -0.1) is 6.42 Å². The highest BCUT2D eigenvalue weighted by Crippen LogP contribution is 2.33. The van der Waals surface area contributed by atoms with Crippen LogP contribution >= 0.6 is 0 Å². The van der Waals surface area contributed by atoms with Crippen molar-refractivity contribution in [1.29, 1.82) is 0 Å². The van der Waals surface area contributed by atoms with E-state index >= 15 is 0 Å². The zero-order valence-electron chi connectivity index (χ0n) is 14.8. The Balaban J connectivity index is 1.65. The molecule has 0 aromatic carbocycles. The number of hydrogen-bond acceptors (Lipinski definition) is 3. The molecule has 0 saturated heterocycles. The molecule has 0 atom stereocenters. The van der Waals surface area contributed by atoms with Gasteiger partial charge in [0.15, 0.2) is 0 Å². The normalized spacial score (nSPS) is 15.8. The van der Waals surface area contributed by atoms with E-state index in [4.69, 9.17) is 11.5 Å². The lowest BCUT2D eigenvalue weighted by Crippen LogP contribution is -2.18. The molecule has 24 heavy (non-hydrogen) atoms. The second kappa shape index (κ2) is 7.67. The van der Waals surface area contributed by atoms with Gasteiger partial charge in [0.1, 0.15) is 6.54 Å². The zero-order chi connectivity index (χ0) is 16.9. The van der Waals surface area contributed by atoms with Gasteiger partial charge in [-0.3, -0.25) is 14.3 Å². The quantitative estimate of drug-likeness (QED) is 0.767. The molecule has 1 aliphatic carbocycles. The molecule has 0 radical (unpaired) electrons. The highest BCUT2D eigenvalue weighted by Gasteiger charge is 2.22. The molecule has 0 amide bonds. The van der Waals surface area contributed by atoms with Crippen molar-refractivity contribution in [1.82, 2.24) is 24.5 Å². The minimum Gasteiger partial charge on any atom is -0.298 e. The van der Waals surface area contributed by atoms with Crippen LogP contribution in [0.3, 0.4) is 0 Å². The van der Waals surface area contributed by atoms with E-state index < -0.39 is 0 Å². The van der Waals surface area contributed by atoms with Gasteiger partial charge < -0.3 is 0 Å². The third kappa shape index (κ3) is 4.07. The number of nitrogens with zero attached hydrogens (tertiary/aromatic N) is 5. The lowest BCUT2D eigenvalue weighted by molar-refractivity contribution is 0.315. The maximum atomic E-state index is 5.33. The minimum absolute atomic E-state index is 0.526. The van der Waals surface area contributed by atoms with E-state index in [-0.39, 0.29) is 0 Å². The number of rotatable bonds is 6. The van der Waals surface area contributed by atoms with Crippen LogP contribution in [0.5, 0.6) is 0 Å². The van der Waals surface area contributed by atoms with Crippen molar-refractivity contribution in [3.8, 4) is 12.3 Å². The van der Waals surface area contributed by atoms with Gasteiger partial charge in [-0.2, -0.15) is 10.2 Å². The largest absolute Gasteiger partial charge is 0.298 e. The van der Waals surface area contributed by atoms with Crippen LogP contribution in [-0.4, -0.2) is 31.5 Å². The molecular formula is C19H27N5. The lowest BCUT2D eigenvalue weighted by Gasteiger charge is -2.22. The van der Waals surface area contributed by atoms with E-state index in [1.165, 1.54) is 48.9 Å². The number of aryl methyl sites for hydroxylation is 1. The van der Waals surface area contributed by atoms with Gasteiger partial charge in [0.2, 0.25) is 0 Å². The van der Waals surface area contributed by atoms with E-state index in [1.807, 2.05) is 24.1 Å². The van der Waals surface area contributed by atoms with Gasteiger partial charge in [-0.05, 0) is 19.9 Å². The molecule has 0 N–H and O–H groups in total. The molecule has 1 fully saturated rings. The van der Waals surface area contributed by atoms with Crippen LogP contribution in [0.25, 0.3) is 0 Å². The fraction of sp³-hybridized carbons (Fsp3) is 0.579. The molecule has 2 aromatic heterocycles. The molecule has 2 aromatic rings. The summed E-state index contributed by atoms with van der Waals surface area (Å²) in [6.45, 7) is 2.31. The van der Waals surface area contributed by atoms with Crippen LogP contribution in [0.2, 0.25) is 0 Å². The van der Waals surface area contributed by atoms with E-state index in [0.717, 1.165) is 13.1 Å². The van der Waals surface area contributed by atoms with Crippen molar-refractivity contribution in [2.45, 2.75) is 57.7 Å². The second-order valence-corrected chi connectivity index (χ2v) is 6.97. The third-order valence-electron chi connectivity index (χ3n) is 4.76. The van der Waals surface area contributed by atoms with Gasteiger partial charge in [0.05, 0.1) is 11.9 Å². The van der Waals surface area contributed by atoms with Crippen molar-refractivity contribution in [2.24, 2.45) is 7.05 Å². The number of terminal acetylenes is 1. The number of aromatic nitrogens is 4. The highest BCUT2D eigenvalue weighted by atomic mass is 15.3.